The lowest BCUT2D eigenvalue weighted by Crippen LogP contribution is -2.60. The second kappa shape index (κ2) is 6.81. The van der Waals surface area contributed by atoms with Gasteiger partial charge in [-0.2, -0.15) is 0 Å². The van der Waals surface area contributed by atoms with Crippen molar-refractivity contribution < 1.29 is 17.5 Å². The van der Waals surface area contributed by atoms with Crippen molar-refractivity contribution in [2.24, 2.45) is 4.99 Å². The first kappa shape index (κ1) is 19.8. The summed E-state index contributed by atoms with van der Waals surface area (Å²) in [6.07, 6.45) is -0.304. The summed E-state index contributed by atoms with van der Waals surface area (Å²) in [4.78, 5) is 4.97. The molecule has 10 heteroatoms. The predicted molar refractivity (Wildman–Crippen MR) is 111 cm³/mol. The largest absolute Gasteiger partial charge is 0.471 e. The third kappa shape index (κ3) is 3.62. The maximum absolute atomic E-state index is 14.3. The van der Waals surface area contributed by atoms with Gasteiger partial charge in [-0.15, -0.1) is 11.3 Å². The number of nitrogens with one attached hydrogen (secondary N) is 2. The van der Waals surface area contributed by atoms with Crippen molar-refractivity contribution in [1.29, 1.82) is 5.41 Å². The summed E-state index contributed by atoms with van der Waals surface area (Å²) in [6, 6.07) is 6.61. The van der Waals surface area contributed by atoms with Crippen LogP contribution >= 0.6 is 11.3 Å². The second-order valence-corrected chi connectivity index (χ2v) is 10.4. The van der Waals surface area contributed by atoms with Gasteiger partial charge in [-0.05, 0) is 53.3 Å². The third-order valence-corrected chi connectivity index (χ3v) is 8.31. The molecule has 0 amide bonds. The third-order valence-electron chi connectivity index (χ3n) is 5.16. The Morgan fingerprint density at radius 2 is 2.10 bits per heavy atom. The van der Waals surface area contributed by atoms with Crippen LogP contribution in [0.15, 0.2) is 34.6 Å². The maximum Gasteiger partial charge on any atom is 0.239 e. The molecule has 2 aliphatic rings. The van der Waals surface area contributed by atoms with Gasteiger partial charge in [0.15, 0.2) is 5.90 Å². The highest BCUT2D eigenvalue weighted by molar-refractivity contribution is 7.89. The molecule has 2 N–H and O–H groups in total. The van der Waals surface area contributed by atoms with E-state index < -0.39 is 15.6 Å². The van der Waals surface area contributed by atoms with E-state index in [-0.39, 0.29) is 23.6 Å². The zero-order valence-corrected chi connectivity index (χ0v) is 17.8. The lowest BCUT2D eigenvalue weighted by molar-refractivity contribution is 0.227. The smallest absolute Gasteiger partial charge is 0.239 e. The number of sulfonamides is 1. The van der Waals surface area contributed by atoms with Gasteiger partial charge in [0.2, 0.25) is 16.0 Å². The zero-order valence-electron chi connectivity index (χ0n) is 16.2. The molecule has 2 aliphatic heterocycles. The van der Waals surface area contributed by atoms with E-state index in [1.165, 1.54) is 30.5 Å². The SMILES string of the molecule is CC1=NCC(c2cc(F)cc(-c3csc([C@]4(C)CS(=O)(=O)N(C)C(=N)N4)c3)c2)O1. The van der Waals surface area contributed by atoms with Gasteiger partial charge in [0, 0.05) is 18.8 Å². The molecule has 1 fully saturated rings. The van der Waals surface area contributed by atoms with Crippen molar-refractivity contribution in [3.05, 3.63) is 45.9 Å². The van der Waals surface area contributed by atoms with E-state index in [2.05, 4.69) is 10.3 Å². The molecule has 0 saturated carbocycles. The van der Waals surface area contributed by atoms with Crippen molar-refractivity contribution in [2.45, 2.75) is 25.5 Å². The Balaban J connectivity index is 1.66. The van der Waals surface area contributed by atoms with Crippen LogP contribution < -0.4 is 5.32 Å². The van der Waals surface area contributed by atoms with Crippen molar-refractivity contribution in [3.63, 3.8) is 0 Å². The van der Waals surface area contributed by atoms with Gasteiger partial charge in [-0.3, -0.25) is 10.4 Å². The molecule has 1 aromatic heterocycles. The van der Waals surface area contributed by atoms with Crippen LogP contribution in [0.4, 0.5) is 4.39 Å². The van der Waals surface area contributed by atoms with E-state index in [1.807, 2.05) is 17.5 Å². The zero-order chi connectivity index (χ0) is 21.0. The number of benzene rings is 1. The standard InChI is InChI=1S/C19H21FN4O3S2/c1-11-22-8-16(27-11)13-4-12(5-15(20)6-13)14-7-17(28-9-14)19(2)10-29(25,26)24(3)18(21)23-19/h4-7,9,16H,8,10H2,1-3H3,(H2,21,23)/t16?,19-/m0/s1. The number of guanidine groups is 1. The Hall–Kier alpha value is -2.46. The van der Waals surface area contributed by atoms with Crippen LogP contribution in [0.3, 0.4) is 0 Å². The van der Waals surface area contributed by atoms with Crippen LogP contribution in [0.1, 0.15) is 30.4 Å². The van der Waals surface area contributed by atoms with Crippen molar-refractivity contribution in [3.8, 4) is 11.1 Å². The number of hydrogen-bond acceptors (Lipinski definition) is 6. The van der Waals surface area contributed by atoms with Crippen molar-refractivity contribution in [2.75, 3.05) is 19.3 Å². The fourth-order valence-corrected chi connectivity index (χ4v) is 6.12. The highest BCUT2D eigenvalue weighted by Gasteiger charge is 2.42. The summed E-state index contributed by atoms with van der Waals surface area (Å²) in [5.74, 6) is -0.120. The van der Waals surface area contributed by atoms with Crippen LogP contribution in [0.2, 0.25) is 0 Å². The molecular formula is C19H21FN4O3S2. The van der Waals surface area contributed by atoms with Crippen LogP contribution in [0.25, 0.3) is 11.1 Å². The first-order chi connectivity index (χ1) is 13.6. The Morgan fingerprint density at radius 3 is 2.76 bits per heavy atom. The fraction of sp³-hybridized carbons (Fsp3) is 0.368. The first-order valence-corrected chi connectivity index (χ1v) is 11.5. The summed E-state index contributed by atoms with van der Waals surface area (Å²) in [5.41, 5.74) is 1.25. The Bertz CT molecular complexity index is 1130. The van der Waals surface area contributed by atoms with Crippen molar-refractivity contribution in [1.82, 2.24) is 9.62 Å². The maximum atomic E-state index is 14.3. The molecule has 1 aromatic carbocycles. The van der Waals surface area contributed by atoms with Crippen LogP contribution in [-0.4, -0.2) is 43.9 Å². The normalized spacial score (nSPS) is 26.1. The van der Waals surface area contributed by atoms with Gasteiger partial charge < -0.3 is 10.1 Å². The van der Waals surface area contributed by atoms with Gasteiger partial charge >= 0.3 is 0 Å². The van der Waals surface area contributed by atoms with Crippen LogP contribution in [0.5, 0.6) is 0 Å². The lowest BCUT2D eigenvalue weighted by Gasteiger charge is -2.39. The molecule has 29 heavy (non-hydrogen) atoms. The Labute approximate surface area is 172 Å². The number of ether oxygens (including phenoxy) is 1. The van der Waals surface area contributed by atoms with Gasteiger partial charge in [0.05, 0.1) is 17.8 Å². The molecule has 2 atom stereocenters. The number of nitrogens with zero attached hydrogens (tertiary/aromatic N) is 2. The quantitative estimate of drug-likeness (QED) is 0.773. The monoisotopic (exact) mass is 436 g/mol. The highest BCUT2D eigenvalue weighted by atomic mass is 32.2. The molecule has 1 unspecified atom stereocenters. The molecular weight excluding hydrogens is 415 g/mol. The summed E-state index contributed by atoms with van der Waals surface area (Å²) in [6.45, 7) is 3.98. The minimum atomic E-state index is -3.59. The number of rotatable bonds is 3. The van der Waals surface area contributed by atoms with Gasteiger partial charge in [-0.25, -0.2) is 17.1 Å². The number of hydrogen-bond donors (Lipinski definition) is 2. The van der Waals surface area contributed by atoms with E-state index in [1.54, 1.807) is 13.8 Å². The number of halogens is 1. The highest BCUT2D eigenvalue weighted by Crippen LogP contribution is 2.37. The molecule has 7 nitrogen and oxygen atoms in total. The summed E-state index contributed by atoms with van der Waals surface area (Å²) >= 11 is 1.38. The summed E-state index contributed by atoms with van der Waals surface area (Å²) in [7, 11) is -2.23. The molecule has 0 aliphatic carbocycles. The predicted octanol–water partition coefficient (Wildman–Crippen LogP) is 3.06. The fourth-order valence-electron chi connectivity index (χ4n) is 3.52. The molecule has 3 heterocycles. The van der Waals surface area contributed by atoms with E-state index in [0.29, 0.717) is 23.6 Å². The minimum Gasteiger partial charge on any atom is -0.471 e. The Kier molecular flexibility index (Phi) is 4.66. The Morgan fingerprint density at radius 1 is 1.34 bits per heavy atom. The van der Waals surface area contributed by atoms with Gasteiger partial charge in [0.25, 0.3) is 0 Å². The van der Waals surface area contributed by atoms with E-state index >= 15 is 0 Å². The van der Waals surface area contributed by atoms with Crippen LogP contribution in [-0.2, 0) is 20.3 Å². The molecule has 2 aromatic rings. The van der Waals surface area contributed by atoms with Gasteiger partial charge in [-0.1, -0.05) is 0 Å². The molecule has 0 bridgehead atoms. The van der Waals surface area contributed by atoms with Gasteiger partial charge in [0.1, 0.15) is 11.9 Å². The molecule has 154 valence electrons. The number of aliphatic imine (C=N–C) groups is 1. The first-order valence-electron chi connectivity index (χ1n) is 8.98. The lowest BCUT2D eigenvalue weighted by atomic mass is 9.98. The summed E-state index contributed by atoms with van der Waals surface area (Å²) < 4.78 is 45.6. The van der Waals surface area contributed by atoms with E-state index in [4.69, 9.17) is 10.1 Å². The topological polar surface area (TPSA) is 94.9 Å². The molecule has 4 rings (SSSR count). The van der Waals surface area contributed by atoms with E-state index in [0.717, 1.165) is 14.7 Å². The second-order valence-electron chi connectivity index (χ2n) is 7.47. The van der Waals surface area contributed by atoms with Crippen molar-refractivity contribution >= 4 is 33.2 Å². The van der Waals surface area contributed by atoms with E-state index in [9.17, 15) is 12.8 Å². The molecule has 0 radical (unpaired) electrons. The molecule has 0 spiro atoms. The average molecular weight is 437 g/mol. The number of thiophene rings is 1. The summed E-state index contributed by atoms with van der Waals surface area (Å²) in [5, 5.41) is 12.8. The minimum absolute atomic E-state index is 0.167. The molecule has 1 saturated heterocycles. The van der Waals surface area contributed by atoms with Crippen LogP contribution in [0, 0.1) is 11.2 Å². The average Bonchev–Trinajstić information content (AvgIpc) is 3.28.